The molecule has 3 atom stereocenters. The van der Waals surface area contributed by atoms with Crippen molar-refractivity contribution < 1.29 is 22.7 Å². The number of rotatable bonds is 9. The Kier molecular flexibility index (Phi) is 7.94. The fraction of sp³-hybridized carbons (Fsp3) is 0.471. The average molecular weight is 355 g/mol. The lowest BCUT2D eigenvalue weighted by atomic mass is 9.99. The summed E-state index contributed by atoms with van der Waals surface area (Å²) in [5.74, 6) is -0.715. The first-order chi connectivity index (χ1) is 11.3. The van der Waals surface area contributed by atoms with E-state index < -0.39 is 27.3 Å². The van der Waals surface area contributed by atoms with Gasteiger partial charge in [0.05, 0.1) is 24.2 Å². The first kappa shape index (κ1) is 20.2. The molecule has 0 radical (unpaired) electrons. The third kappa shape index (κ3) is 6.72. The van der Waals surface area contributed by atoms with E-state index in [2.05, 4.69) is 0 Å². The van der Waals surface area contributed by atoms with Crippen molar-refractivity contribution in [2.24, 2.45) is 11.1 Å². The quantitative estimate of drug-likeness (QED) is 0.542. The number of allylic oxidation sites excluding steroid dienone is 1. The van der Waals surface area contributed by atoms with Gasteiger partial charge in [-0.05, 0) is 37.5 Å². The molecular formula is C17H25NO5S. The van der Waals surface area contributed by atoms with E-state index in [-0.39, 0.29) is 12.3 Å². The molecule has 134 valence electrons. The zero-order valence-electron chi connectivity index (χ0n) is 14.2. The van der Waals surface area contributed by atoms with Gasteiger partial charge in [-0.15, -0.1) is 0 Å². The number of nitrogens with two attached hydrogens (primary N) is 1. The van der Waals surface area contributed by atoms with Crippen molar-refractivity contribution in [3.8, 4) is 0 Å². The van der Waals surface area contributed by atoms with Crippen LogP contribution in [0.4, 0.5) is 0 Å². The Hall–Kier alpha value is -1.86. The molecule has 0 saturated carbocycles. The molecule has 0 aliphatic heterocycles. The van der Waals surface area contributed by atoms with Gasteiger partial charge in [0.15, 0.2) is 0 Å². The molecule has 7 heteroatoms. The van der Waals surface area contributed by atoms with Gasteiger partial charge in [0.25, 0.3) is 0 Å². The topological polar surface area (TPSA) is 95.7 Å². The summed E-state index contributed by atoms with van der Waals surface area (Å²) in [6, 6.07) is 8.55. The maximum absolute atomic E-state index is 12.0. The van der Waals surface area contributed by atoms with E-state index in [1.54, 1.807) is 50.3 Å². The number of sulfonamides is 1. The normalized spacial score (nSPS) is 15.7. The lowest BCUT2D eigenvalue weighted by Gasteiger charge is -2.24. The molecule has 0 spiro atoms. The van der Waals surface area contributed by atoms with Crippen molar-refractivity contribution >= 4 is 16.0 Å². The molecule has 6 nitrogen and oxygen atoms in total. The number of ether oxygens (including phenoxy) is 2. The number of esters is 1. The largest absolute Gasteiger partial charge is 0.505 e. The molecule has 0 aromatic heterocycles. The van der Waals surface area contributed by atoms with Gasteiger partial charge in [-0.3, -0.25) is 0 Å². The zero-order chi connectivity index (χ0) is 18.2. The summed E-state index contributed by atoms with van der Waals surface area (Å²) >= 11 is 0. The molecule has 0 aliphatic rings. The van der Waals surface area contributed by atoms with Crippen molar-refractivity contribution in [2.75, 3.05) is 7.11 Å². The maximum Gasteiger partial charge on any atom is 0.338 e. The minimum atomic E-state index is -3.76. The SMILES string of the molecule is COC=CCC(C)C(CC(C)OC(=O)c1ccccc1)S(N)(=O)=O. The van der Waals surface area contributed by atoms with E-state index >= 15 is 0 Å². The summed E-state index contributed by atoms with van der Waals surface area (Å²) < 4.78 is 33.9. The highest BCUT2D eigenvalue weighted by Gasteiger charge is 2.30. The molecule has 0 fully saturated rings. The lowest BCUT2D eigenvalue weighted by molar-refractivity contribution is 0.0314. The Morgan fingerprint density at radius 2 is 1.88 bits per heavy atom. The minimum Gasteiger partial charge on any atom is -0.505 e. The molecule has 0 saturated heterocycles. The number of primary sulfonamides is 1. The van der Waals surface area contributed by atoms with Gasteiger partial charge in [-0.1, -0.05) is 25.1 Å². The third-order valence-electron chi connectivity index (χ3n) is 3.68. The van der Waals surface area contributed by atoms with Crippen molar-refractivity contribution in [2.45, 2.75) is 38.0 Å². The number of carbonyl (C=O) groups is 1. The van der Waals surface area contributed by atoms with Crippen molar-refractivity contribution in [3.05, 3.63) is 48.2 Å². The number of hydrogen-bond donors (Lipinski definition) is 1. The molecule has 0 amide bonds. The molecule has 1 aromatic carbocycles. The van der Waals surface area contributed by atoms with Crippen LogP contribution in [0.25, 0.3) is 0 Å². The summed E-state index contributed by atoms with van der Waals surface area (Å²) in [6.45, 7) is 3.46. The molecule has 0 bridgehead atoms. The van der Waals surface area contributed by atoms with Crippen molar-refractivity contribution in [1.29, 1.82) is 0 Å². The molecule has 24 heavy (non-hydrogen) atoms. The van der Waals surface area contributed by atoms with E-state index in [4.69, 9.17) is 14.6 Å². The molecule has 0 aliphatic carbocycles. The first-order valence-electron chi connectivity index (χ1n) is 7.71. The van der Waals surface area contributed by atoms with Crippen LogP contribution in [-0.2, 0) is 19.5 Å². The zero-order valence-corrected chi connectivity index (χ0v) is 15.0. The van der Waals surface area contributed by atoms with Crippen LogP contribution in [0.1, 0.15) is 37.0 Å². The first-order valence-corrected chi connectivity index (χ1v) is 9.32. The molecule has 1 rings (SSSR count). The predicted octanol–water partition coefficient (Wildman–Crippen LogP) is 2.47. The maximum atomic E-state index is 12.0. The minimum absolute atomic E-state index is 0.138. The van der Waals surface area contributed by atoms with Gasteiger partial charge in [-0.2, -0.15) is 0 Å². The monoisotopic (exact) mass is 355 g/mol. The van der Waals surface area contributed by atoms with Gasteiger partial charge in [0, 0.05) is 6.42 Å². The van der Waals surface area contributed by atoms with Crippen molar-refractivity contribution in [1.82, 2.24) is 0 Å². The van der Waals surface area contributed by atoms with E-state index in [9.17, 15) is 13.2 Å². The summed E-state index contributed by atoms with van der Waals surface area (Å²) in [5, 5.41) is 4.54. The smallest absolute Gasteiger partial charge is 0.338 e. The van der Waals surface area contributed by atoms with Crippen LogP contribution in [0, 0.1) is 5.92 Å². The molecule has 0 heterocycles. The highest BCUT2D eigenvalue weighted by molar-refractivity contribution is 7.89. The Bertz CT molecular complexity index is 642. The second-order valence-corrected chi connectivity index (χ2v) is 7.55. The summed E-state index contributed by atoms with van der Waals surface area (Å²) in [4.78, 5) is 12.0. The molecule has 1 aromatic rings. The Morgan fingerprint density at radius 1 is 1.25 bits per heavy atom. The highest BCUT2D eigenvalue weighted by Crippen LogP contribution is 2.21. The van der Waals surface area contributed by atoms with E-state index in [0.717, 1.165) is 0 Å². The molecule has 2 N–H and O–H groups in total. The Morgan fingerprint density at radius 3 is 2.42 bits per heavy atom. The number of carbonyl (C=O) groups excluding carboxylic acids is 1. The van der Waals surface area contributed by atoms with Crippen LogP contribution in [-0.4, -0.2) is 32.9 Å². The molecule has 3 unspecified atom stereocenters. The lowest BCUT2D eigenvalue weighted by Crippen LogP contribution is -2.37. The van der Waals surface area contributed by atoms with E-state index in [1.807, 2.05) is 0 Å². The summed E-state index contributed by atoms with van der Waals surface area (Å²) in [6.07, 6.45) is 3.29. The van der Waals surface area contributed by atoms with Crippen LogP contribution < -0.4 is 5.14 Å². The van der Waals surface area contributed by atoms with Crippen LogP contribution in [0.15, 0.2) is 42.7 Å². The fourth-order valence-corrected chi connectivity index (χ4v) is 3.71. The van der Waals surface area contributed by atoms with Gasteiger partial charge < -0.3 is 9.47 Å². The summed E-state index contributed by atoms with van der Waals surface area (Å²) in [5.41, 5.74) is 0.424. The van der Waals surface area contributed by atoms with Gasteiger partial charge in [-0.25, -0.2) is 18.4 Å². The number of methoxy groups -OCH3 is 1. The average Bonchev–Trinajstić information content (AvgIpc) is 2.52. The Labute approximate surface area is 143 Å². The van der Waals surface area contributed by atoms with Gasteiger partial charge >= 0.3 is 5.97 Å². The standard InChI is InChI=1S/C17H25NO5S/c1-13(8-7-11-22-3)16(24(18,20)21)12-14(2)23-17(19)15-9-5-4-6-10-15/h4-7,9-11,13-14,16H,8,12H2,1-3H3,(H2,18,20,21). The highest BCUT2D eigenvalue weighted by atomic mass is 32.2. The van der Waals surface area contributed by atoms with E-state index in [0.29, 0.717) is 12.0 Å². The molecular weight excluding hydrogens is 330 g/mol. The second kappa shape index (κ2) is 9.44. The fourth-order valence-electron chi connectivity index (χ4n) is 2.41. The predicted molar refractivity (Wildman–Crippen MR) is 92.8 cm³/mol. The van der Waals surface area contributed by atoms with E-state index in [1.165, 1.54) is 13.4 Å². The van der Waals surface area contributed by atoms with Gasteiger partial charge in [0.2, 0.25) is 10.0 Å². The van der Waals surface area contributed by atoms with Crippen LogP contribution >= 0.6 is 0 Å². The van der Waals surface area contributed by atoms with Gasteiger partial charge in [0.1, 0.15) is 6.10 Å². The van der Waals surface area contributed by atoms with Crippen LogP contribution in [0.2, 0.25) is 0 Å². The van der Waals surface area contributed by atoms with Crippen molar-refractivity contribution in [3.63, 3.8) is 0 Å². The second-order valence-electron chi connectivity index (χ2n) is 5.77. The number of hydrogen-bond acceptors (Lipinski definition) is 5. The summed E-state index contributed by atoms with van der Waals surface area (Å²) in [7, 11) is -2.25. The number of benzene rings is 1. The Balaban J connectivity index is 2.72. The van der Waals surface area contributed by atoms with Crippen LogP contribution in [0.3, 0.4) is 0 Å². The third-order valence-corrected chi connectivity index (χ3v) is 5.18. The van der Waals surface area contributed by atoms with Crippen LogP contribution in [0.5, 0.6) is 0 Å².